The van der Waals surface area contributed by atoms with Gasteiger partial charge in [0.15, 0.2) is 0 Å². The van der Waals surface area contributed by atoms with Crippen LogP contribution in [-0.4, -0.2) is 65.9 Å². The lowest BCUT2D eigenvalue weighted by Gasteiger charge is -2.15. The zero-order chi connectivity index (χ0) is 30.4. The zero-order valence-electron chi connectivity index (χ0n) is 25.3. The van der Waals surface area contributed by atoms with Gasteiger partial charge in [-0.2, -0.15) is 0 Å². The predicted molar refractivity (Wildman–Crippen MR) is 161 cm³/mol. The van der Waals surface area contributed by atoms with E-state index in [1.807, 2.05) is 0 Å². The molecule has 41 heavy (non-hydrogen) atoms. The van der Waals surface area contributed by atoms with Crippen molar-refractivity contribution in [3.63, 3.8) is 0 Å². The van der Waals surface area contributed by atoms with Gasteiger partial charge in [-0.05, 0) is 51.6 Å². The quantitative estimate of drug-likeness (QED) is 0.0554. The van der Waals surface area contributed by atoms with Crippen LogP contribution in [0.25, 0.3) is 0 Å². The Balaban J connectivity index is 3.55. The Morgan fingerprint density at radius 2 is 1.05 bits per heavy atom. The molecular formula is C31H57N3O7. The van der Waals surface area contributed by atoms with Crippen molar-refractivity contribution in [1.29, 1.82) is 0 Å². The third-order valence-electron chi connectivity index (χ3n) is 7.10. The number of hydrogen-bond donors (Lipinski definition) is 5. The first kappa shape index (κ1) is 38.5. The molecule has 10 heteroatoms. The Labute approximate surface area is 247 Å². The normalized spacial score (nSPS) is 11.6. The molecule has 5 N–H and O–H groups in total. The van der Waals surface area contributed by atoms with Crippen molar-refractivity contribution in [1.82, 2.24) is 16.0 Å². The molecule has 0 heterocycles. The fourth-order valence-corrected chi connectivity index (χ4v) is 4.64. The molecule has 0 rings (SSSR count). The van der Waals surface area contributed by atoms with Crippen molar-refractivity contribution < 1.29 is 34.2 Å². The summed E-state index contributed by atoms with van der Waals surface area (Å²) in [6.45, 7) is 1.74. The minimum atomic E-state index is -1.05. The first-order valence-electron chi connectivity index (χ1n) is 16.0. The van der Waals surface area contributed by atoms with Gasteiger partial charge in [0.05, 0.1) is 0 Å². The Morgan fingerprint density at radius 1 is 0.561 bits per heavy atom. The second-order valence-electron chi connectivity index (χ2n) is 11.0. The molecule has 10 nitrogen and oxygen atoms in total. The monoisotopic (exact) mass is 583 g/mol. The number of nitrogens with one attached hydrogen (secondary N) is 3. The van der Waals surface area contributed by atoms with Crippen LogP contribution in [0.5, 0.6) is 0 Å². The predicted octanol–water partition coefficient (Wildman–Crippen LogP) is 5.13. The molecule has 0 bridgehead atoms. The number of carbonyl (C=O) groups excluding carboxylic acids is 3. The lowest BCUT2D eigenvalue weighted by Crippen LogP contribution is -2.41. The summed E-state index contributed by atoms with van der Waals surface area (Å²) < 4.78 is 0. The fraction of sp³-hybridized carbons (Fsp3) is 0.839. The number of aldehydes is 1. The Morgan fingerprint density at radius 3 is 1.56 bits per heavy atom. The Kier molecular flexibility index (Phi) is 27.3. The van der Waals surface area contributed by atoms with E-state index in [2.05, 4.69) is 16.0 Å². The number of unbranched alkanes of at least 4 members (excludes halogenated alkanes) is 14. The molecule has 238 valence electrons. The number of hydrogen-bond acceptors (Lipinski definition) is 6. The highest BCUT2D eigenvalue weighted by atomic mass is 16.4. The first-order valence-corrected chi connectivity index (χ1v) is 16.0. The second-order valence-corrected chi connectivity index (χ2v) is 11.0. The van der Waals surface area contributed by atoms with Gasteiger partial charge >= 0.3 is 11.9 Å². The van der Waals surface area contributed by atoms with Gasteiger partial charge in [-0.1, -0.05) is 77.0 Å². The van der Waals surface area contributed by atoms with Gasteiger partial charge in [0, 0.05) is 32.2 Å². The van der Waals surface area contributed by atoms with Crippen molar-refractivity contribution in [2.45, 2.75) is 147 Å². The van der Waals surface area contributed by atoms with E-state index in [4.69, 9.17) is 5.11 Å². The average molecular weight is 584 g/mol. The summed E-state index contributed by atoms with van der Waals surface area (Å²) in [7, 11) is 0. The van der Waals surface area contributed by atoms with Crippen molar-refractivity contribution in [3.05, 3.63) is 0 Å². The highest BCUT2D eigenvalue weighted by molar-refractivity contribution is 5.83. The van der Waals surface area contributed by atoms with Crippen molar-refractivity contribution >= 4 is 30.0 Å². The van der Waals surface area contributed by atoms with Gasteiger partial charge in [0.2, 0.25) is 11.8 Å². The number of rotatable bonds is 31. The molecular weight excluding hydrogens is 526 g/mol. The topological polar surface area (TPSA) is 162 Å². The van der Waals surface area contributed by atoms with E-state index in [9.17, 15) is 29.1 Å². The maximum absolute atomic E-state index is 12.1. The maximum atomic E-state index is 12.1. The molecule has 0 aliphatic carbocycles. The van der Waals surface area contributed by atoms with E-state index in [0.717, 1.165) is 51.2 Å². The maximum Gasteiger partial charge on any atom is 0.326 e. The average Bonchev–Trinajstić information content (AvgIpc) is 2.93. The van der Waals surface area contributed by atoms with Gasteiger partial charge in [0.25, 0.3) is 0 Å². The van der Waals surface area contributed by atoms with E-state index >= 15 is 0 Å². The molecule has 0 aromatic heterocycles. The minimum absolute atomic E-state index is 0.00338. The van der Waals surface area contributed by atoms with Crippen LogP contribution < -0.4 is 16.0 Å². The minimum Gasteiger partial charge on any atom is -0.481 e. The molecule has 1 atom stereocenters. The van der Waals surface area contributed by atoms with Gasteiger partial charge in [-0.15, -0.1) is 0 Å². The van der Waals surface area contributed by atoms with Crippen molar-refractivity contribution in [2.75, 3.05) is 19.6 Å². The third kappa shape index (κ3) is 28.8. The van der Waals surface area contributed by atoms with Crippen LogP contribution >= 0.6 is 0 Å². The van der Waals surface area contributed by atoms with E-state index in [1.165, 1.54) is 51.4 Å². The number of carboxylic acid groups (broad SMARTS) is 2. The van der Waals surface area contributed by atoms with Gasteiger partial charge < -0.3 is 31.0 Å². The molecule has 0 spiro atoms. The summed E-state index contributed by atoms with van der Waals surface area (Å²) in [5.41, 5.74) is 0. The van der Waals surface area contributed by atoms with E-state index < -0.39 is 18.0 Å². The lowest BCUT2D eigenvalue weighted by atomic mass is 10.0. The Bertz CT molecular complexity index is 703. The number of aliphatic carboxylic acids is 2. The highest BCUT2D eigenvalue weighted by Crippen LogP contribution is 2.13. The number of amides is 2. The molecule has 0 saturated heterocycles. The highest BCUT2D eigenvalue weighted by Gasteiger charge is 2.19. The number of carbonyl (C=O) groups is 5. The molecule has 0 radical (unpaired) electrons. The van der Waals surface area contributed by atoms with Gasteiger partial charge in [-0.3, -0.25) is 14.4 Å². The molecule has 0 fully saturated rings. The van der Waals surface area contributed by atoms with E-state index in [1.54, 1.807) is 0 Å². The standard InChI is InChI=1S/C31H57N3O7/c35-26-16-15-23-32-24-17-19-27(31(40)41)34-29(37)21-18-25-33-28(36)20-13-11-9-7-5-3-1-2-4-6-8-10-12-14-22-30(38)39/h26-27,32H,1-25H2,(H,33,36)(H,34,37)(H,38,39)(H,40,41)/t27-/m0/s1. The largest absolute Gasteiger partial charge is 0.481 e. The summed E-state index contributed by atoms with van der Waals surface area (Å²) in [4.78, 5) is 56.3. The summed E-state index contributed by atoms with van der Waals surface area (Å²) in [5.74, 6) is -2.08. The van der Waals surface area contributed by atoms with Crippen LogP contribution in [0.3, 0.4) is 0 Å². The van der Waals surface area contributed by atoms with Crippen molar-refractivity contribution in [3.8, 4) is 0 Å². The molecule has 2 amide bonds. The zero-order valence-corrected chi connectivity index (χ0v) is 25.3. The van der Waals surface area contributed by atoms with E-state index in [0.29, 0.717) is 58.2 Å². The van der Waals surface area contributed by atoms with Crippen LogP contribution in [0.2, 0.25) is 0 Å². The molecule has 0 saturated carbocycles. The van der Waals surface area contributed by atoms with Crippen LogP contribution in [0, 0.1) is 0 Å². The first-order chi connectivity index (χ1) is 19.9. The van der Waals surface area contributed by atoms with Gasteiger partial charge in [0.1, 0.15) is 12.3 Å². The van der Waals surface area contributed by atoms with Crippen LogP contribution in [0.1, 0.15) is 141 Å². The lowest BCUT2D eigenvalue weighted by molar-refractivity contribution is -0.142. The summed E-state index contributed by atoms with van der Waals surface area (Å²) >= 11 is 0. The summed E-state index contributed by atoms with van der Waals surface area (Å²) in [5, 5.41) is 26.5. The second kappa shape index (κ2) is 29.0. The van der Waals surface area contributed by atoms with Crippen LogP contribution in [-0.2, 0) is 24.0 Å². The van der Waals surface area contributed by atoms with E-state index in [-0.39, 0.29) is 18.2 Å². The van der Waals surface area contributed by atoms with Crippen LogP contribution in [0.4, 0.5) is 0 Å². The number of carboxylic acids is 2. The molecule has 0 aromatic carbocycles. The van der Waals surface area contributed by atoms with Gasteiger partial charge in [-0.25, -0.2) is 4.79 Å². The van der Waals surface area contributed by atoms with Crippen LogP contribution in [0.15, 0.2) is 0 Å². The molecule has 0 aliphatic rings. The van der Waals surface area contributed by atoms with Crippen molar-refractivity contribution in [2.24, 2.45) is 0 Å². The smallest absolute Gasteiger partial charge is 0.326 e. The molecule has 0 aromatic rings. The fourth-order valence-electron chi connectivity index (χ4n) is 4.64. The summed E-state index contributed by atoms with van der Waals surface area (Å²) in [6.07, 6.45) is 20.5. The summed E-state index contributed by atoms with van der Waals surface area (Å²) in [6, 6.07) is -0.923. The molecule has 0 aliphatic heterocycles. The SMILES string of the molecule is O=CCCCNCCC[C@H](NC(=O)CCCNC(=O)CCCCCCCCCCCCCCCCC(=O)O)C(=O)O. The third-order valence-corrected chi connectivity index (χ3v) is 7.10. The Hall–Kier alpha value is -2.49. The molecule has 0 unspecified atom stereocenters.